The lowest BCUT2D eigenvalue weighted by Crippen LogP contribution is -2.18. The molecule has 0 fully saturated rings. The molecule has 3 rings (SSSR count). The molecule has 1 atom stereocenters. The van der Waals surface area contributed by atoms with Crippen molar-refractivity contribution in [3.05, 3.63) is 64.1 Å². The standard InChI is InChI=1S/C18H21N3O2/c1-3-23-15-7-4-13(5-8-15)11-19-12(2)14-6-9-16-17(10-14)21-18(22)20-16/h4-10,12,19H,3,11H2,1-2H3,(H2,20,21,22)/t12-/m1/s1. The van der Waals surface area contributed by atoms with Crippen molar-refractivity contribution in [1.29, 1.82) is 0 Å². The van der Waals surface area contributed by atoms with E-state index < -0.39 is 0 Å². The molecule has 0 aliphatic carbocycles. The number of ether oxygens (including phenoxy) is 1. The molecule has 0 radical (unpaired) electrons. The van der Waals surface area contributed by atoms with Crippen LogP contribution in [-0.2, 0) is 6.54 Å². The van der Waals surface area contributed by atoms with E-state index in [2.05, 4.69) is 34.3 Å². The van der Waals surface area contributed by atoms with Gasteiger partial charge in [0.25, 0.3) is 0 Å². The van der Waals surface area contributed by atoms with E-state index >= 15 is 0 Å². The minimum Gasteiger partial charge on any atom is -0.494 e. The Labute approximate surface area is 134 Å². The number of hydrogen-bond donors (Lipinski definition) is 3. The predicted octanol–water partition coefficient (Wildman–Crippen LogP) is 3.11. The van der Waals surface area contributed by atoms with Gasteiger partial charge >= 0.3 is 5.69 Å². The quantitative estimate of drug-likeness (QED) is 0.655. The van der Waals surface area contributed by atoms with E-state index in [0.717, 1.165) is 28.9 Å². The molecule has 120 valence electrons. The van der Waals surface area contributed by atoms with Crippen molar-refractivity contribution < 1.29 is 4.74 Å². The van der Waals surface area contributed by atoms with Crippen LogP contribution in [-0.4, -0.2) is 16.6 Å². The van der Waals surface area contributed by atoms with E-state index in [1.807, 2.05) is 37.3 Å². The van der Waals surface area contributed by atoms with E-state index in [0.29, 0.717) is 6.61 Å². The second-order valence-corrected chi connectivity index (χ2v) is 5.56. The van der Waals surface area contributed by atoms with Crippen LogP contribution < -0.4 is 15.7 Å². The van der Waals surface area contributed by atoms with Gasteiger partial charge in [-0.1, -0.05) is 18.2 Å². The molecule has 23 heavy (non-hydrogen) atoms. The lowest BCUT2D eigenvalue weighted by Gasteiger charge is -2.14. The number of fused-ring (bicyclic) bond motifs is 1. The number of benzene rings is 2. The highest BCUT2D eigenvalue weighted by Gasteiger charge is 2.07. The zero-order valence-electron chi connectivity index (χ0n) is 13.3. The maximum atomic E-state index is 11.3. The number of nitrogens with one attached hydrogen (secondary N) is 3. The molecule has 2 aromatic carbocycles. The first-order valence-electron chi connectivity index (χ1n) is 7.83. The van der Waals surface area contributed by atoms with E-state index in [1.54, 1.807) is 0 Å². The average molecular weight is 311 g/mol. The van der Waals surface area contributed by atoms with Crippen LogP contribution in [0.5, 0.6) is 5.75 Å². The molecular formula is C18H21N3O2. The van der Waals surface area contributed by atoms with Gasteiger partial charge in [-0.3, -0.25) is 0 Å². The summed E-state index contributed by atoms with van der Waals surface area (Å²) in [6.45, 7) is 5.54. The van der Waals surface area contributed by atoms with Crippen LogP contribution in [0.4, 0.5) is 0 Å². The second-order valence-electron chi connectivity index (χ2n) is 5.56. The maximum absolute atomic E-state index is 11.3. The first-order valence-corrected chi connectivity index (χ1v) is 7.83. The second kappa shape index (κ2) is 6.71. The Bertz CT molecular complexity index is 833. The fraction of sp³-hybridized carbons (Fsp3) is 0.278. The van der Waals surface area contributed by atoms with Crippen LogP contribution in [0.3, 0.4) is 0 Å². The number of aromatic nitrogens is 2. The minimum atomic E-state index is -0.174. The fourth-order valence-electron chi connectivity index (χ4n) is 2.58. The summed E-state index contributed by atoms with van der Waals surface area (Å²) in [5, 5.41) is 3.50. The van der Waals surface area contributed by atoms with Crippen LogP contribution in [0.15, 0.2) is 47.3 Å². The normalized spacial score (nSPS) is 12.4. The molecule has 0 spiro atoms. The zero-order valence-corrected chi connectivity index (χ0v) is 13.3. The van der Waals surface area contributed by atoms with Crippen LogP contribution >= 0.6 is 0 Å². The number of aromatic amines is 2. The summed E-state index contributed by atoms with van der Waals surface area (Å²) in [6.07, 6.45) is 0. The fourth-order valence-corrected chi connectivity index (χ4v) is 2.58. The first kappa shape index (κ1) is 15.4. The Balaban J connectivity index is 1.65. The first-order chi connectivity index (χ1) is 11.2. The molecule has 3 aromatic rings. The van der Waals surface area contributed by atoms with Crippen molar-refractivity contribution in [3.8, 4) is 5.75 Å². The summed E-state index contributed by atoms with van der Waals surface area (Å²) in [7, 11) is 0. The minimum absolute atomic E-state index is 0.174. The highest BCUT2D eigenvalue weighted by Crippen LogP contribution is 2.18. The molecule has 5 nitrogen and oxygen atoms in total. The molecule has 3 N–H and O–H groups in total. The summed E-state index contributed by atoms with van der Waals surface area (Å²) >= 11 is 0. The molecule has 0 aliphatic heterocycles. The molecular weight excluding hydrogens is 290 g/mol. The summed E-state index contributed by atoms with van der Waals surface area (Å²) < 4.78 is 5.45. The summed E-state index contributed by atoms with van der Waals surface area (Å²) in [4.78, 5) is 16.9. The smallest absolute Gasteiger partial charge is 0.323 e. The van der Waals surface area contributed by atoms with E-state index in [9.17, 15) is 4.79 Å². The number of H-pyrrole nitrogens is 2. The van der Waals surface area contributed by atoms with Gasteiger partial charge in [0.2, 0.25) is 0 Å². The monoisotopic (exact) mass is 311 g/mol. The van der Waals surface area contributed by atoms with Gasteiger partial charge in [0, 0.05) is 12.6 Å². The molecule has 0 amide bonds. The van der Waals surface area contributed by atoms with Crippen molar-refractivity contribution in [3.63, 3.8) is 0 Å². The van der Waals surface area contributed by atoms with Gasteiger partial charge in [0.1, 0.15) is 5.75 Å². The SMILES string of the molecule is CCOc1ccc(CN[C@H](C)c2ccc3[nH]c(=O)[nH]c3c2)cc1. The van der Waals surface area contributed by atoms with E-state index in [4.69, 9.17) is 4.74 Å². The Morgan fingerprint density at radius 3 is 2.57 bits per heavy atom. The van der Waals surface area contributed by atoms with Crippen molar-refractivity contribution in [2.45, 2.75) is 26.4 Å². The van der Waals surface area contributed by atoms with Crippen molar-refractivity contribution in [2.75, 3.05) is 6.61 Å². The molecule has 1 heterocycles. The van der Waals surface area contributed by atoms with Gasteiger partial charge in [-0.25, -0.2) is 4.79 Å². The topological polar surface area (TPSA) is 69.9 Å². The lowest BCUT2D eigenvalue weighted by atomic mass is 10.1. The molecule has 0 saturated carbocycles. The van der Waals surface area contributed by atoms with Crippen molar-refractivity contribution >= 4 is 11.0 Å². The van der Waals surface area contributed by atoms with Gasteiger partial charge in [-0.2, -0.15) is 0 Å². The highest BCUT2D eigenvalue weighted by atomic mass is 16.5. The van der Waals surface area contributed by atoms with E-state index in [1.165, 1.54) is 5.56 Å². The summed E-state index contributed by atoms with van der Waals surface area (Å²) in [5.41, 5.74) is 3.84. The number of hydrogen-bond acceptors (Lipinski definition) is 3. The molecule has 0 saturated heterocycles. The zero-order chi connectivity index (χ0) is 16.2. The van der Waals surface area contributed by atoms with Crippen molar-refractivity contribution in [1.82, 2.24) is 15.3 Å². The highest BCUT2D eigenvalue weighted by molar-refractivity contribution is 5.75. The lowest BCUT2D eigenvalue weighted by molar-refractivity contribution is 0.340. The molecule has 1 aromatic heterocycles. The molecule has 0 unspecified atom stereocenters. The van der Waals surface area contributed by atoms with Crippen LogP contribution in [0, 0.1) is 0 Å². The van der Waals surface area contributed by atoms with Crippen LogP contribution in [0.25, 0.3) is 11.0 Å². The van der Waals surface area contributed by atoms with Crippen LogP contribution in [0.2, 0.25) is 0 Å². The molecule has 0 aliphatic rings. The van der Waals surface area contributed by atoms with Gasteiger partial charge < -0.3 is 20.0 Å². The van der Waals surface area contributed by atoms with Gasteiger partial charge in [-0.15, -0.1) is 0 Å². The average Bonchev–Trinajstić information content (AvgIpc) is 2.93. The number of rotatable bonds is 6. The summed E-state index contributed by atoms with van der Waals surface area (Å²) in [5.74, 6) is 0.895. The Morgan fingerprint density at radius 1 is 1.09 bits per heavy atom. The third-order valence-corrected chi connectivity index (χ3v) is 3.89. The molecule has 0 bridgehead atoms. The Kier molecular flexibility index (Phi) is 4.48. The predicted molar refractivity (Wildman–Crippen MR) is 91.8 cm³/mol. The third-order valence-electron chi connectivity index (χ3n) is 3.89. The summed E-state index contributed by atoms with van der Waals surface area (Å²) in [6, 6.07) is 14.3. The van der Waals surface area contributed by atoms with Gasteiger partial charge in [0.15, 0.2) is 0 Å². The van der Waals surface area contributed by atoms with E-state index in [-0.39, 0.29) is 11.7 Å². The maximum Gasteiger partial charge on any atom is 0.323 e. The molecule has 5 heteroatoms. The van der Waals surface area contributed by atoms with Crippen molar-refractivity contribution in [2.24, 2.45) is 0 Å². The Morgan fingerprint density at radius 2 is 1.83 bits per heavy atom. The third kappa shape index (κ3) is 3.63. The van der Waals surface area contributed by atoms with Gasteiger partial charge in [-0.05, 0) is 49.2 Å². The Hall–Kier alpha value is -2.53. The largest absolute Gasteiger partial charge is 0.494 e. The number of imidazole rings is 1. The van der Waals surface area contributed by atoms with Gasteiger partial charge in [0.05, 0.1) is 17.6 Å². The van der Waals surface area contributed by atoms with Crippen LogP contribution in [0.1, 0.15) is 31.0 Å².